The number of hydrogen-bond donors (Lipinski definition) is 2. The second-order valence-corrected chi connectivity index (χ2v) is 6.71. The molecule has 2 amide bonds. The number of benzene rings is 1. The normalized spacial score (nSPS) is 14.3. The lowest BCUT2D eigenvalue weighted by Crippen LogP contribution is -2.27. The van der Waals surface area contributed by atoms with Gasteiger partial charge in [-0.2, -0.15) is 0 Å². The summed E-state index contributed by atoms with van der Waals surface area (Å²) in [6.07, 6.45) is 6.13. The Balaban J connectivity index is 1.79. The van der Waals surface area contributed by atoms with Gasteiger partial charge in [-0.3, -0.25) is 9.59 Å². The van der Waals surface area contributed by atoms with E-state index in [0.717, 1.165) is 12.8 Å². The summed E-state index contributed by atoms with van der Waals surface area (Å²) < 4.78 is 19.1. The van der Waals surface area contributed by atoms with Crippen molar-refractivity contribution in [2.24, 2.45) is 5.92 Å². The minimum Gasteiger partial charge on any atom is -0.478 e. The second kappa shape index (κ2) is 9.39. The summed E-state index contributed by atoms with van der Waals surface area (Å²) in [5.41, 5.74) is 0.899. The molecule has 5 nitrogen and oxygen atoms in total. The number of carbonyl (C=O) groups is 2. The summed E-state index contributed by atoms with van der Waals surface area (Å²) in [5.74, 6) is -0.307. The largest absolute Gasteiger partial charge is 0.478 e. The van der Waals surface area contributed by atoms with Crippen LogP contribution in [0.2, 0.25) is 0 Å². The third-order valence-corrected chi connectivity index (χ3v) is 4.38. The van der Waals surface area contributed by atoms with Crippen LogP contribution in [-0.2, 0) is 16.1 Å². The van der Waals surface area contributed by atoms with Crippen molar-refractivity contribution in [1.82, 2.24) is 5.32 Å². The number of halogens is 1. The topological polar surface area (TPSA) is 67.4 Å². The molecule has 1 atom stereocenters. The van der Waals surface area contributed by atoms with Crippen LogP contribution >= 0.6 is 0 Å². The number of hydrogen-bond acceptors (Lipinski definition) is 3. The quantitative estimate of drug-likeness (QED) is 0.666. The van der Waals surface area contributed by atoms with E-state index in [0.29, 0.717) is 23.6 Å². The number of unbranched alkanes of at least 4 members (excludes halogenated alkanes) is 2. The first-order chi connectivity index (χ1) is 12.0. The van der Waals surface area contributed by atoms with Crippen LogP contribution in [0.3, 0.4) is 0 Å². The zero-order valence-corrected chi connectivity index (χ0v) is 15.0. The van der Waals surface area contributed by atoms with Gasteiger partial charge in [-0.25, -0.2) is 4.39 Å². The van der Waals surface area contributed by atoms with E-state index in [1.54, 1.807) is 6.07 Å². The van der Waals surface area contributed by atoms with E-state index in [2.05, 4.69) is 24.5 Å². The van der Waals surface area contributed by atoms with Crippen LogP contribution in [0, 0.1) is 11.7 Å². The second-order valence-electron chi connectivity index (χ2n) is 6.71. The highest BCUT2D eigenvalue weighted by molar-refractivity contribution is 5.95. The molecule has 2 N–H and O–H groups in total. The zero-order chi connectivity index (χ0) is 18.2. The molecular formula is C19H27FN2O3. The third kappa shape index (κ3) is 6.03. The standard InChI is InChI=1S/C19H27FN2O3/c1-3-4-5-6-13(2)7-8-17(23)21-11-14-9-15(20)19-16(10-14)22-18(24)12-25-19/h9-10,13H,3-8,11-12H2,1-2H3,(H,21,23)(H,22,24). The Morgan fingerprint density at radius 2 is 2.16 bits per heavy atom. The Morgan fingerprint density at radius 1 is 1.36 bits per heavy atom. The van der Waals surface area contributed by atoms with Crippen LogP contribution < -0.4 is 15.4 Å². The van der Waals surface area contributed by atoms with E-state index in [4.69, 9.17) is 4.74 Å². The van der Waals surface area contributed by atoms with E-state index in [-0.39, 0.29) is 30.7 Å². The molecule has 2 rings (SSSR count). The Hall–Kier alpha value is -2.11. The molecule has 0 saturated heterocycles. The maximum Gasteiger partial charge on any atom is 0.262 e. The van der Waals surface area contributed by atoms with Crippen molar-refractivity contribution in [3.63, 3.8) is 0 Å². The van der Waals surface area contributed by atoms with Gasteiger partial charge < -0.3 is 15.4 Å². The van der Waals surface area contributed by atoms with Crippen LogP contribution in [0.4, 0.5) is 10.1 Å². The van der Waals surface area contributed by atoms with Crippen molar-refractivity contribution in [1.29, 1.82) is 0 Å². The van der Waals surface area contributed by atoms with E-state index in [1.165, 1.54) is 25.3 Å². The fourth-order valence-corrected chi connectivity index (χ4v) is 2.87. The maximum absolute atomic E-state index is 14.0. The highest BCUT2D eigenvalue weighted by atomic mass is 19.1. The molecule has 1 aromatic rings. The molecule has 0 saturated carbocycles. The summed E-state index contributed by atoms with van der Waals surface area (Å²) >= 11 is 0. The van der Waals surface area contributed by atoms with Gasteiger partial charge in [0.15, 0.2) is 18.2 Å². The summed E-state index contributed by atoms with van der Waals surface area (Å²) in [5, 5.41) is 5.38. The molecule has 1 heterocycles. The SMILES string of the molecule is CCCCCC(C)CCC(=O)NCc1cc(F)c2c(c1)NC(=O)CO2. The van der Waals surface area contributed by atoms with E-state index < -0.39 is 5.82 Å². The molecule has 1 aliphatic heterocycles. The third-order valence-electron chi connectivity index (χ3n) is 4.38. The average Bonchev–Trinajstić information content (AvgIpc) is 2.58. The van der Waals surface area contributed by atoms with Gasteiger partial charge in [0.2, 0.25) is 5.91 Å². The van der Waals surface area contributed by atoms with Gasteiger partial charge in [0, 0.05) is 13.0 Å². The molecule has 0 bridgehead atoms. The van der Waals surface area contributed by atoms with Crippen LogP contribution in [0.5, 0.6) is 5.75 Å². The van der Waals surface area contributed by atoms with Crippen molar-refractivity contribution in [2.45, 2.75) is 58.9 Å². The Bertz CT molecular complexity index is 619. The van der Waals surface area contributed by atoms with Gasteiger partial charge in [-0.1, -0.05) is 39.5 Å². The molecule has 25 heavy (non-hydrogen) atoms. The molecule has 1 unspecified atom stereocenters. The summed E-state index contributed by atoms with van der Waals surface area (Å²) in [7, 11) is 0. The van der Waals surface area contributed by atoms with E-state index in [1.807, 2.05) is 0 Å². The van der Waals surface area contributed by atoms with Crippen LogP contribution in [0.15, 0.2) is 12.1 Å². The molecule has 138 valence electrons. The molecule has 0 spiro atoms. The molecular weight excluding hydrogens is 323 g/mol. The number of ether oxygens (including phenoxy) is 1. The molecule has 0 aliphatic carbocycles. The van der Waals surface area contributed by atoms with Crippen molar-refractivity contribution in [3.05, 3.63) is 23.5 Å². The van der Waals surface area contributed by atoms with Gasteiger partial charge in [0.05, 0.1) is 5.69 Å². The van der Waals surface area contributed by atoms with Crippen molar-refractivity contribution in [2.75, 3.05) is 11.9 Å². The molecule has 6 heteroatoms. The van der Waals surface area contributed by atoms with Crippen molar-refractivity contribution in [3.8, 4) is 5.75 Å². The lowest BCUT2D eigenvalue weighted by atomic mass is 9.98. The van der Waals surface area contributed by atoms with Gasteiger partial charge in [0.25, 0.3) is 5.91 Å². The maximum atomic E-state index is 14.0. The predicted molar refractivity (Wildman–Crippen MR) is 94.9 cm³/mol. The number of anilines is 1. The minimum absolute atomic E-state index is 0.0410. The molecule has 1 aromatic carbocycles. The summed E-state index contributed by atoms with van der Waals surface area (Å²) in [6.45, 7) is 4.39. The first-order valence-electron chi connectivity index (χ1n) is 9.01. The fraction of sp³-hybridized carbons (Fsp3) is 0.579. The van der Waals surface area contributed by atoms with Gasteiger partial charge in [-0.15, -0.1) is 0 Å². The van der Waals surface area contributed by atoms with Crippen LogP contribution in [-0.4, -0.2) is 18.4 Å². The first-order valence-corrected chi connectivity index (χ1v) is 9.01. The monoisotopic (exact) mass is 350 g/mol. The average molecular weight is 350 g/mol. The molecule has 1 aliphatic rings. The molecule has 0 aromatic heterocycles. The Morgan fingerprint density at radius 3 is 2.92 bits per heavy atom. The van der Waals surface area contributed by atoms with Gasteiger partial charge >= 0.3 is 0 Å². The fourth-order valence-electron chi connectivity index (χ4n) is 2.87. The van der Waals surface area contributed by atoms with Crippen LogP contribution in [0.25, 0.3) is 0 Å². The highest BCUT2D eigenvalue weighted by Crippen LogP contribution is 2.32. The highest BCUT2D eigenvalue weighted by Gasteiger charge is 2.20. The summed E-state index contributed by atoms with van der Waals surface area (Å²) in [4.78, 5) is 23.3. The number of carbonyl (C=O) groups excluding carboxylic acids is 2. The lowest BCUT2D eigenvalue weighted by molar-refractivity contribution is -0.121. The van der Waals surface area contributed by atoms with E-state index in [9.17, 15) is 14.0 Å². The summed E-state index contributed by atoms with van der Waals surface area (Å²) in [6, 6.07) is 2.95. The van der Waals surface area contributed by atoms with Crippen LogP contribution in [0.1, 0.15) is 57.9 Å². The number of amides is 2. The Labute approximate surface area is 148 Å². The zero-order valence-electron chi connectivity index (χ0n) is 15.0. The number of fused-ring (bicyclic) bond motifs is 1. The van der Waals surface area contributed by atoms with Crippen molar-refractivity contribution < 1.29 is 18.7 Å². The van der Waals surface area contributed by atoms with Crippen molar-refractivity contribution >= 4 is 17.5 Å². The minimum atomic E-state index is -0.536. The van der Waals surface area contributed by atoms with E-state index >= 15 is 0 Å². The lowest BCUT2D eigenvalue weighted by Gasteiger charge is -2.19. The number of nitrogens with one attached hydrogen (secondary N) is 2. The molecule has 0 radical (unpaired) electrons. The smallest absolute Gasteiger partial charge is 0.262 e. The first kappa shape index (κ1) is 19.2. The van der Waals surface area contributed by atoms with Gasteiger partial charge in [0.1, 0.15) is 0 Å². The predicted octanol–water partition coefficient (Wildman–Crippen LogP) is 3.77. The Kier molecular flexibility index (Phi) is 7.22. The van der Waals surface area contributed by atoms with Gasteiger partial charge in [-0.05, 0) is 30.0 Å². The number of rotatable bonds is 9. The molecule has 0 fully saturated rings.